The van der Waals surface area contributed by atoms with Crippen LogP contribution in [0, 0.1) is 13.8 Å². The monoisotopic (exact) mass is 392 g/mol. The molecule has 1 aliphatic rings. The highest BCUT2D eigenvalue weighted by Gasteiger charge is 2.22. The van der Waals surface area contributed by atoms with Gasteiger partial charge in [-0.3, -0.25) is 9.36 Å². The lowest BCUT2D eigenvalue weighted by molar-refractivity contribution is -0.119. The fourth-order valence-electron chi connectivity index (χ4n) is 3.77. The van der Waals surface area contributed by atoms with E-state index >= 15 is 0 Å². The molecule has 0 radical (unpaired) electrons. The van der Waals surface area contributed by atoms with Crippen molar-refractivity contribution >= 4 is 17.7 Å². The first-order valence-corrected chi connectivity index (χ1v) is 10.6. The molecule has 144 valence electrons. The summed E-state index contributed by atoms with van der Waals surface area (Å²) in [5, 5.41) is 12.4. The van der Waals surface area contributed by atoms with Crippen LogP contribution < -0.4 is 5.32 Å². The number of thioether (sulfide) groups is 1. The molecule has 0 aliphatic heterocycles. The lowest BCUT2D eigenvalue weighted by atomic mass is 9.88. The fourth-order valence-corrected chi connectivity index (χ4v) is 4.58. The minimum Gasteiger partial charge on any atom is -0.349 e. The molecular weight excluding hydrogens is 368 g/mol. The SMILES string of the molecule is Cc1cccc(-n2c(C)nnc2SCC(=O)NC2CCCc3ccccc32)c1. The highest BCUT2D eigenvalue weighted by atomic mass is 32.2. The standard InChI is InChI=1S/C22H24N4OS/c1-15-7-5-10-18(13-15)26-16(2)24-25-22(26)28-14-21(27)23-20-12-6-9-17-8-3-4-11-19(17)20/h3-5,7-8,10-11,13,20H,6,9,12,14H2,1-2H3,(H,23,27). The van der Waals surface area contributed by atoms with Crippen LogP contribution in [0.5, 0.6) is 0 Å². The Morgan fingerprint density at radius 3 is 2.89 bits per heavy atom. The first-order valence-electron chi connectivity index (χ1n) is 9.61. The Morgan fingerprint density at radius 2 is 2.04 bits per heavy atom. The number of benzene rings is 2. The van der Waals surface area contributed by atoms with Gasteiger partial charge in [0.2, 0.25) is 5.91 Å². The molecule has 1 amide bonds. The zero-order valence-electron chi connectivity index (χ0n) is 16.2. The second-order valence-electron chi connectivity index (χ2n) is 7.20. The Morgan fingerprint density at radius 1 is 1.18 bits per heavy atom. The number of carbonyl (C=O) groups excluding carboxylic acids is 1. The number of carbonyl (C=O) groups is 1. The molecular formula is C22H24N4OS. The number of aryl methyl sites for hydroxylation is 3. The Bertz CT molecular complexity index is 998. The molecule has 3 aromatic rings. The summed E-state index contributed by atoms with van der Waals surface area (Å²) in [6.45, 7) is 3.99. The number of nitrogens with zero attached hydrogens (tertiary/aromatic N) is 3. The number of amides is 1. The average molecular weight is 393 g/mol. The maximum absolute atomic E-state index is 12.6. The normalized spacial score (nSPS) is 15.9. The molecule has 4 rings (SSSR count). The van der Waals surface area contributed by atoms with Gasteiger partial charge in [0.15, 0.2) is 5.16 Å². The van der Waals surface area contributed by atoms with E-state index < -0.39 is 0 Å². The van der Waals surface area contributed by atoms with E-state index in [9.17, 15) is 4.79 Å². The number of hydrogen-bond acceptors (Lipinski definition) is 4. The molecule has 5 nitrogen and oxygen atoms in total. The van der Waals surface area contributed by atoms with E-state index in [0.717, 1.165) is 35.9 Å². The van der Waals surface area contributed by atoms with E-state index in [0.29, 0.717) is 5.75 Å². The van der Waals surface area contributed by atoms with Crippen LogP contribution in [0.25, 0.3) is 5.69 Å². The van der Waals surface area contributed by atoms with Gasteiger partial charge in [-0.15, -0.1) is 10.2 Å². The molecule has 2 aromatic carbocycles. The predicted octanol–water partition coefficient (Wildman–Crippen LogP) is 4.17. The molecule has 1 unspecified atom stereocenters. The van der Waals surface area contributed by atoms with Crippen LogP contribution in [0.2, 0.25) is 0 Å². The molecule has 1 N–H and O–H groups in total. The molecule has 0 bridgehead atoms. The molecule has 6 heteroatoms. The zero-order valence-corrected chi connectivity index (χ0v) is 17.0. The van der Waals surface area contributed by atoms with Gasteiger partial charge in [0, 0.05) is 5.69 Å². The van der Waals surface area contributed by atoms with Crippen molar-refractivity contribution in [1.29, 1.82) is 0 Å². The van der Waals surface area contributed by atoms with Gasteiger partial charge in [0.05, 0.1) is 11.8 Å². The van der Waals surface area contributed by atoms with Crippen molar-refractivity contribution in [3.05, 3.63) is 71.0 Å². The van der Waals surface area contributed by atoms with Crippen molar-refractivity contribution in [3.8, 4) is 5.69 Å². The van der Waals surface area contributed by atoms with Gasteiger partial charge in [0.1, 0.15) is 5.82 Å². The van der Waals surface area contributed by atoms with Gasteiger partial charge in [-0.1, -0.05) is 48.2 Å². The summed E-state index contributed by atoms with van der Waals surface area (Å²) < 4.78 is 2.00. The van der Waals surface area contributed by atoms with E-state index in [1.165, 1.54) is 28.5 Å². The molecule has 0 fully saturated rings. The number of rotatable bonds is 5. The number of aromatic nitrogens is 3. The average Bonchev–Trinajstić information content (AvgIpc) is 3.07. The summed E-state index contributed by atoms with van der Waals surface area (Å²) in [6.07, 6.45) is 3.19. The summed E-state index contributed by atoms with van der Waals surface area (Å²) in [4.78, 5) is 12.6. The number of hydrogen-bond donors (Lipinski definition) is 1. The fraction of sp³-hybridized carbons (Fsp3) is 0.318. The van der Waals surface area contributed by atoms with Crippen LogP contribution in [0.4, 0.5) is 0 Å². The Hall–Kier alpha value is -2.60. The van der Waals surface area contributed by atoms with E-state index in [4.69, 9.17) is 0 Å². The minimum absolute atomic E-state index is 0.0307. The second-order valence-corrected chi connectivity index (χ2v) is 8.15. The molecule has 0 spiro atoms. The molecule has 28 heavy (non-hydrogen) atoms. The van der Waals surface area contributed by atoms with Crippen molar-refractivity contribution in [1.82, 2.24) is 20.1 Å². The highest BCUT2D eigenvalue weighted by Crippen LogP contribution is 2.30. The molecule has 1 atom stereocenters. The zero-order chi connectivity index (χ0) is 19.5. The first-order chi connectivity index (χ1) is 13.6. The summed E-state index contributed by atoms with van der Waals surface area (Å²) in [7, 11) is 0. The van der Waals surface area contributed by atoms with Crippen LogP contribution >= 0.6 is 11.8 Å². The number of fused-ring (bicyclic) bond motifs is 1. The maximum atomic E-state index is 12.6. The molecule has 1 aromatic heterocycles. The van der Waals surface area contributed by atoms with Gasteiger partial charge in [0.25, 0.3) is 0 Å². The Kier molecular flexibility index (Phi) is 5.48. The van der Waals surface area contributed by atoms with Crippen LogP contribution in [0.1, 0.15) is 41.4 Å². The van der Waals surface area contributed by atoms with Gasteiger partial charge in [-0.25, -0.2) is 0 Å². The van der Waals surface area contributed by atoms with Crippen LogP contribution in [0.3, 0.4) is 0 Å². The Balaban J connectivity index is 1.44. The minimum atomic E-state index is 0.0307. The molecule has 1 heterocycles. The third-order valence-electron chi connectivity index (χ3n) is 5.09. The highest BCUT2D eigenvalue weighted by molar-refractivity contribution is 7.99. The lowest BCUT2D eigenvalue weighted by Gasteiger charge is -2.26. The van der Waals surface area contributed by atoms with Crippen LogP contribution in [-0.2, 0) is 11.2 Å². The number of nitrogens with one attached hydrogen (secondary N) is 1. The smallest absolute Gasteiger partial charge is 0.230 e. The first kappa shape index (κ1) is 18.7. The lowest BCUT2D eigenvalue weighted by Crippen LogP contribution is -2.32. The third kappa shape index (κ3) is 3.97. The van der Waals surface area contributed by atoms with Crippen molar-refractivity contribution in [2.75, 3.05) is 5.75 Å². The summed E-state index contributed by atoms with van der Waals surface area (Å²) in [6, 6.07) is 16.7. The van der Waals surface area contributed by atoms with Gasteiger partial charge in [-0.05, 0) is 61.9 Å². The van der Waals surface area contributed by atoms with Crippen molar-refractivity contribution in [2.45, 2.75) is 44.3 Å². The van der Waals surface area contributed by atoms with Crippen molar-refractivity contribution < 1.29 is 4.79 Å². The van der Waals surface area contributed by atoms with E-state index in [-0.39, 0.29) is 11.9 Å². The third-order valence-corrected chi connectivity index (χ3v) is 6.02. The predicted molar refractivity (Wildman–Crippen MR) is 112 cm³/mol. The van der Waals surface area contributed by atoms with E-state index in [1.54, 1.807) is 0 Å². The van der Waals surface area contributed by atoms with Crippen LogP contribution in [0.15, 0.2) is 53.7 Å². The van der Waals surface area contributed by atoms with Gasteiger partial charge in [-0.2, -0.15) is 0 Å². The van der Waals surface area contributed by atoms with Crippen molar-refractivity contribution in [2.24, 2.45) is 0 Å². The summed E-state index contributed by atoms with van der Waals surface area (Å²) in [5.74, 6) is 1.17. The Labute approximate surface area is 169 Å². The largest absolute Gasteiger partial charge is 0.349 e. The summed E-state index contributed by atoms with van der Waals surface area (Å²) >= 11 is 1.42. The quantitative estimate of drug-likeness (QED) is 0.662. The summed E-state index contributed by atoms with van der Waals surface area (Å²) in [5.41, 5.74) is 4.80. The maximum Gasteiger partial charge on any atom is 0.230 e. The van der Waals surface area contributed by atoms with E-state index in [2.05, 4.69) is 52.8 Å². The van der Waals surface area contributed by atoms with Crippen molar-refractivity contribution in [3.63, 3.8) is 0 Å². The topological polar surface area (TPSA) is 59.8 Å². The molecule has 0 saturated heterocycles. The second kappa shape index (κ2) is 8.19. The van der Waals surface area contributed by atoms with Gasteiger partial charge < -0.3 is 5.32 Å². The molecule has 0 saturated carbocycles. The van der Waals surface area contributed by atoms with E-state index in [1.807, 2.05) is 29.7 Å². The van der Waals surface area contributed by atoms with Gasteiger partial charge >= 0.3 is 0 Å². The van der Waals surface area contributed by atoms with Crippen LogP contribution in [-0.4, -0.2) is 26.4 Å². The molecule has 1 aliphatic carbocycles.